The number of benzene rings is 1. The fourth-order valence-electron chi connectivity index (χ4n) is 2.44. The van der Waals surface area contributed by atoms with Crippen molar-refractivity contribution in [2.75, 3.05) is 0 Å². The number of hydrogen-bond donors (Lipinski definition) is 1. The van der Waals surface area contributed by atoms with Crippen molar-refractivity contribution in [3.8, 4) is 0 Å². The second-order valence-electron chi connectivity index (χ2n) is 5.06. The predicted molar refractivity (Wildman–Crippen MR) is 83.7 cm³/mol. The average molecular weight is 299 g/mol. The summed E-state index contributed by atoms with van der Waals surface area (Å²) in [4.78, 5) is 12.3. The maximum absolute atomic E-state index is 12.3. The van der Waals surface area contributed by atoms with Gasteiger partial charge in [0.05, 0.1) is 12.5 Å². The lowest BCUT2D eigenvalue weighted by molar-refractivity contribution is -0.121. The Bertz CT molecular complexity index is 691. The van der Waals surface area contributed by atoms with E-state index in [1.807, 2.05) is 44.2 Å². The standard InChI is InChI=1S/C16H17N3OS/c1-3-12-18-19-13(21-12)9-17-16(20)15-10(2)14(15)11-7-5-4-6-8-11/h4-8,15H,3,9H2,1-2H3,(H,17,20). The second-order valence-corrected chi connectivity index (χ2v) is 6.20. The number of carbonyl (C=O) groups is 1. The van der Waals surface area contributed by atoms with Crippen molar-refractivity contribution in [3.63, 3.8) is 0 Å². The summed E-state index contributed by atoms with van der Waals surface area (Å²) in [6.07, 6.45) is 0.882. The Morgan fingerprint density at radius 2 is 1.95 bits per heavy atom. The highest BCUT2D eigenvalue weighted by molar-refractivity contribution is 7.11. The Kier molecular flexibility index (Phi) is 3.84. The third-order valence-electron chi connectivity index (χ3n) is 3.64. The van der Waals surface area contributed by atoms with E-state index < -0.39 is 0 Å². The molecule has 21 heavy (non-hydrogen) atoms. The van der Waals surface area contributed by atoms with Crippen molar-refractivity contribution < 1.29 is 4.79 Å². The highest BCUT2D eigenvalue weighted by Gasteiger charge is 2.39. The third-order valence-corrected chi connectivity index (χ3v) is 4.70. The average Bonchev–Trinajstić information content (AvgIpc) is 2.98. The summed E-state index contributed by atoms with van der Waals surface area (Å²) in [6.45, 7) is 4.53. The summed E-state index contributed by atoms with van der Waals surface area (Å²) >= 11 is 1.55. The van der Waals surface area contributed by atoms with E-state index in [-0.39, 0.29) is 11.8 Å². The van der Waals surface area contributed by atoms with Crippen LogP contribution in [0.25, 0.3) is 5.57 Å². The van der Waals surface area contributed by atoms with Crippen molar-refractivity contribution >= 4 is 22.8 Å². The molecule has 1 heterocycles. The number of hydrogen-bond acceptors (Lipinski definition) is 4. The SMILES string of the molecule is CCc1nnc(CNC(=O)C2C(C)=C2c2ccccc2)s1. The summed E-state index contributed by atoms with van der Waals surface area (Å²) in [5.74, 6) is -0.0226. The number of rotatable bonds is 5. The van der Waals surface area contributed by atoms with Crippen LogP contribution in [-0.4, -0.2) is 16.1 Å². The minimum atomic E-state index is -0.0778. The van der Waals surface area contributed by atoms with Crippen LogP contribution in [-0.2, 0) is 17.8 Å². The molecular weight excluding hydrogens is 282 g/mol. The van der Waals surface area contributed by atoms with Crippen LogP contribution in [0.5, 0.6) is 0 Å². The molecule has 1 atom stereocenters. The minimum Gasteiger partial charge on any atom is -0.349 e. The van der Waals surface area contributed by atoms with Gasteiger partial charge in [0.1, 0.15) is 10.0 Å². The van der Waals surface area contributed by atoms with Gasteiger partial charge in [-0.2, -0.15) is 0 Å². The summed E-state index contributed by atoms with van der Waals surface area (Å²) < 4.78 is 0. The summed E-state index contributed by atoms with van der Waals surface area (Å²) in [5.41, 5.74) is 3.45. The van der Waals surface area contributed by atoms with Crippen molar-refractivity contribution in [3.05, 3.63) is 51.5 Å². The smallest absolute Gasteiger partial charge is 0.232 e. The first-order valence-electron chi connectivity index (χ1n) is 7.05. The van der Waals surface area contributed by atoms with E-state index in [9.17, 15) is 4.79 Å². The minimum absolute atomic E-state index is 0.0552. The van der Waals surface area contributed by atoms with E-state index in [0.29, 0.717) is 6.54 Å². The molecule has 0 saturated heterocycles. The van der Waals surface area contributed by atoms with Gasteiger partial charge in [-0.1, -0.05) is 54.2 Å². The molecule has 5 heteroatoms. The van der Waals surface area contributed by atoms with E-state index in [0.717, 1.165) is 33.1 Å². The van der Waals surface area contributed by atoms with E-state index >= 15 is 0 Å². The van der Waals surface area contributed by atoms with Crippen molar-refractivity contribution in [1.29, 1.82) is 0 Å². The molecule has 3 rings (SSSR count). The van der Waals surface area contributed by atoms with Crippen LogP contribution in [0.1, 0.15) is 29.4 Å². The van der Waals surface area contributed by atoms with Gasteiger partial charge in [0, 0.05) is 0 Å². The molecule has 0 radical (unpaired) electrons. The Morgan fingerprint density at radius 1 is 1.24 bits per heavy atom. The normalized spacial score (nSPS) is 17.0. The van der Waals surface area contributed by atoms with Gasteiger partial charge < -0.3 is 5.32 Å². The Labute approximate surface area is 127 Å². The van der Waals surface area contributed by atoms with Crippen LogP contribution in [0.3, 0.4) is 0 Å². The number of amides is 1. The molecule has 1 aliphatic rings. The van der Waals surface area contributed by atoms with Gasteiger partial charge in [-0.05, 0) is 24.5 Å². The molecule has 0 fully saturated rings. The highest BCUT2D eigenvalue weighted by Crippen LogP contribution is 2.46. The first kappa shape index (κ1) is 13.9. The predicted octanol–water partition coefficient (Wildman–Crippen LogP) is 2.82. The second kappa shape index (κ2) is 5.77. The number of aromatic nitrogens is 2. The lowest BCUT2D eigenvalue weighted by atomic mass is 10.1. The molecule has 1 aromatic heterocycles. The molecule has 4 nitrogen and oxygen atoms in total. The Balaban J connectivity index is 1.58. The molecule has 1 amide bonds. The van der Waals surface area contributed by atoms with Crippen LogP contribution in [0.4, 0.5) is 0 Å². The van der Waals surface area contributed by atoms with Gasteiger partial charge in [0.25, 0.3) is 0 Å². The molecule has 0 spiro atoms. The lowest BCUT2D eigenvalue weighted by Crippen LogP contribution is -2.25. The van der Waals surface area contributed by atoms with Crippen LogP contribution < -0.4 is 5.32 Å². The molecule has 1 aromatic carbocycles. The monoisotopic (exact) mass is 299 g/mol. The highest BCUT2D eigenvalue weighted by atomic mass is 32.1. The van der Waals surface area contributed by atoms with Crippen LogP contribution >= 0.6 is 11.3 Å². The van der Waals surface area contributed by atoms with E-state index in [1.165, 1.54) is 0 Å². The topological polar surface area (TPSA) is 54.9 Å². The summed E-state index contributed by atoms with van der Waals surface area (Å²) in [6, 6.07) is 10.1. The Hall–Kier alpha value is -2.01. The van der Waals surface area contributed by atoms with E-state index in [4.69, 9.17) is 0 Å². The van der Waals surface area contributed by atoms with Gasteiger partial charge in [-0.25, -0.2) is 0 Å². The molecule has 108 valence electrons. The zero-order valence-electron chi connectivity index (χ0n) is 12.1. The molecule has 1 N–H and O–H groups in total. The fraction of sp³-hybridized carbons (Fsp3) is 0.312. The maximum Gasteiger partial charge on any atom is 0.232 e. The van der Waals surface area contributed by atoms with Crippen LogP contribution in [0.2, 0.25) is 0 Å². The van der Waals surface area contributed by atoms with Gasteiger partial charge in [-0.15, -0.1) is 10.2 Å². The van der Waals surface area contributed by atoms with E-state index in [2.05, 4.69) is 15.5 Å². The molecule has 0 bridgehead atoms. The van der Waals surface area contributed by atoms with Gasteiger partial charge in [0.2, 0.25) is 5.91 Å². The number of aryl methyl sites for hydroxylation is 1. The molecular formula is C16H17N3OS. The lowest BCUT2D eigenvalue weighted by Gasteiger charge is -2.03. The molecule has 0 saturated carbocycles. The first-order chi connectivity index (χ1) is 10.2. The quantitative estimate of drug-likeness (QED) is 0.923. The Morgan fingerprint density at radius 3 is 2.62 bits per heavy atom. The molecule has 0 aliphatic heterocycles. The first-order valence-corrected chi connectivity index (χ1v) is 7.87. The zero-order valence-corrected chi connectivity index (χ0v) is 12.9. The van der Waals surface area contributed by atoms with Crippen molar-refractivity contribution in [1.82, 2.24) is 15.5 Å². The number of nitrogens with zero attached hydrogens (tertiary/aromatic N) is 2. The third kappa shape index (κ3) is 2.88. The molecule has 1 aliphatic carbocycles. The zero-order chi connectivity index (χ0) is 14.8. The van der Waals surface area contributed by atoms with Crippen LogP contribution in [0, 0.1) is 5.92 Å². The van der Waals surface area contributed by atoms with Crippen LogP contribution in [0.15, 0.2) is 35.9 Å². The van der Waals surface area contributed by atoms with Crippen molar-refractivity contribution in [2.45, 2.75) is 26.8 Å². The van der Waals surface area contributed by atoms with E-state index in [1.54, 1.807) is 11.3 Å². The fourth-order valence-corrected chi connectivity index (χ4v) is 3.16. The van der Waals surface area contributed by atoms with Gasteiger partial charge in [0.15, 0.2) is 0 Å². The van der Waals surface area contributed by atoms with Crippen molar-refractivity contribution in [2.24, 2.45) is 5.92 Å². The van der Waals surface area contributed by atoms with Gasteiger partial charge in [-0.3, -0.25) is 4.79 Å². The largest absolute Gasteiger partial charge is 0.349 e. The number of carbonyl (C=O) groups excluding carboxylic acids is 1. The number of nitrogens with one attached hydrogen (secondary N) is 1. The van der Waals surface area contributed by atoms with Gasteiger partial charge >= 0.3 is 0 Å². The molecule has 1 unspecified atom stereocenters. The summed E-state index contributed by atoms with van der Waals surface area (Å²) in [7, 11) is 0. The summed E-state index contributed by atoms with van der Waals surface area (Å²) in [5, 5.41) is 13.0. The maximum atomic E-state index is 12.3. The molecule has 2 aromatic rings.